The molecule has 0 amide bonds. The molecule has 2 aromatic rings. The first-order valence-corrected chi connectivity index (χ1v) is 6.69. The van der Waals surface area contributed by atoms with Crippen molar-refractivity contribution in [2.75, 3.05) is 0 Å². The first-order chi connectivity index (χ1) is 9.09. The van der Waals surface area contributed by atoms with Crippen molar-refractivity contribution in [2.45, 2.75) is 31.5 Å². The van der Waals surface area contributed by atoms with Crippen LogP contribution < -0.4 is 5.32 Å². The van der Waals surface area contributed by atoms with E-state index in [0.29, 0.717) is 0 Å². The number of aliphatic hydroxyl groups is 1. The Morgan fingerprint density at radius 2 is 1.63 bits per heavy atom. The normalized spacial score (nSPS) is 24.8. The standard InChI is InChI=1S/C17H19NO/c1-12-8-10-14(11-9-12)17(2,19)16-15(18-16)13-6-4-3-5-7-13/h3-11,15-16,18-19H,1-2H3/t15-,16+,17-/m0/s1. The Morgan fingerprint density at radius 3 is 2.26 bits per heavy atom. The summed E-state index contributed by atoms with van der Waals surface area (Å²) in [7, 11) is 0. The highest BCUT2D eigenvalue weighted by molar-refractivity contribution is 5.35. The highest BCUT2D eigenvalue weighted by Crippen LogP contribution is 2.41. The van der Waals surface area contributed by atoms with Gasteiger partial charge in [-0.25, -0.2) is 0 Å². The predicted molar refractivity (Wildman–Crippen MR) is 76.9 cm³/mol. The molecule has 1 fully saturated rings. The molecule has 2 heteroatoms. The average molecular weight is 253 g/mol. The van der Waals surface area contributed by atoms with Crippen molar-refractivity contribution in [3.63, 3.8) is 0 Å². The van der Waals surface area contributed by atoms with Gasteiger partial charge in [-0.2, -0.15) is 0 Å². The van der Waals surface area contributed by atoms with E-state index in [0.717, 1.165) is 5.56 Å². The Balaban J connectivity index is 1.82. The van der Waals surface area contributed by atoms with E-state index in [2.05, 4.69) is 24.4 Å². The Bertz CT molecular complexity index is 560. The molecule has 1 heterocycles. The molecular formula is C17H19NO. The zero-order chi connectivity index (χ0) is 13.5. The van der Waals surface area contributed by atoms with Crippen molar-refractivity contribution in [1.29, 1.82) is 0 Å². The minimum atomic E-state index is -0.839. The molecule has 2 aromatic carbocycles. The maximum Gasteiger partial charge on any atom is 0.104 e. The van der Waals surface area contributed by atoms with Crippen molar-refractivity contribution in [1.82, 2.24) is 5.32 Å². The van der Waals surface area contributed by atoms with Gasteiger partial charge in [0, 0.05) is 0 Å². The molecular weight excluding hydrogens is 234 g/mol. The number of benzene rings is 2. The molecule has 0 bridgehead atoms. The van der Waals surface area contributed by atoms with Crippen LogP contribution in [0.1, 0.15) is 29.7 Å². The second-order valence-electron chi connectivity index (χ2n) is 5.55. The van der Waals surface area contributed by atoms with Gasteiger partial charge >= 0.3 is 0 Å². The summed E-state index contributed by atoms with van der Waals surface area (Å²) in [5, 5.41) is 14.2. The molecule has 0 unspecified atom stereocenters. The number of hydrogen-bond donors (Lipinski definition) is 2. The highest BCUT2D eigenvalue weighted by Gasteiger charge is 2.50. The van der Waals surface area contributed by atoms with Crippen molar-refractivity contribution in [2.24, 2.45) is 0 Å². The molecule has 1 aliphatic rings. The fraction of sp³-hybridized carbons (Fsp3) is 0.294. The molecule has 3 rings (SSSR count). The van der Waals surface area contributed by atoms with E-state index in [-0.39, 0.29) is 12.1 Å². The van der Waals surface area contributed by atoms with Crippen LogP contribution in [0.2, 0.25) is 0 Å². The van der Waals surface area contributed by atoms with Gasteiger partial charge in [-0.1, -0.05) is 60.2 Å². The van der Waals surface area contributed by atoms with Crippen LogP contribution in [-0.4, -0.2) is 11.1 Å². The van der Waals surface area contributed by atoms with E-state index in [1.807, 2.05) is 49.4 Å². The molecule has 1 aliphatic heterocycles. The Kier molecular flexibility index (Phi) is 2.92. The zero-order valence-electron chi connectivity index (χ0n) is 11.3. The van der Waals surface area contributed by atoms with Crippen LogP contribution in [0.15, 0.2) is 54.6 Å². The van der Waals surface area contributed by atoms with Crippen LogP contribution in [0.4, 0.5) is 0 Å². The minimum absolute atomic E-state index is 0.0811. The van der Waals surface area contributed by atoms with E-state index in [9.17, 15) is 5.11 Å². The van der Waals surface area contributed by atoms with Gasteiger partial charge in [0.25, 0.3) is 0 Å². The second kappa shape index (κ2) is 4.48. The molecule has 0 aromatic heterocycles. The summed E-state index contributed by atoms with van der Waals surface area (Å²) in [6.07, 6.45) is 0. The van der Waals surface area contributed by atoms with E-state index < -0.39 is 5.60 Å². The zero-order valence-corrected chi connectivity index (χ0v) is 11.3. The van der Waals surface area contributed by atoms with Crippen molar-refractivity contribution in [3.8, 4) is 0 Å². The lowest BCUT2D eigenvalue weighted by Crippen LogP contribution is -2.30. The minimum Gasteiger partial charge on any atom is -0.384 e. The van der Waals surface area contributed by atoms with E-state index in [4.69, 9.17) is 0 Å². The van der Waals surface area contributed by atoms with Crippen molar-refractivity contribution < 1.29 is 5.11 Å². The fourth-order valence-electron chi connectivity index (χ4n) is 2.64. The topological polar surface area (TPSA) is 42.2 Å². The van der Waals surface area contributed by atoms with Crippen molar-refractivity contribution in [3.05, 3.63) is 71.3 Å². The van der Waals surface area contributed by atoms with Gasteiger partial charge in [-0.15, -0.1) is 0 Å². The summed E-state index contributed by atoms with van der Waals surface area (Å²) in [6, 6.07) is 18.7. The first kappa shape index (κ1) is 12.4. The van der Waals surface area contributed by atoms with Gasteiger partial charge in [-0.05, 0) is 25.0 Å². The van der Waals surface area contributed by atoms with Crippen LogP contribution >= 0.6 is 0 Å². The molecule has 0 saturated carbocycles. The highest BCUT2D eigenvalue weighted by atomic mass is 16.3. The first-order valence-electron chi connectivity index (χ1n) is 6.69. The summed E-state index contributed by atoms with van der Waals surface area (Å²) < 4.78 is 0. The molecule has 1 saturated heterocycles. The molecule has 2 nitrogen and oxygen atoms in total. The van der Waals surface area contributed by atoms with Crippen LogP contribution in [0.3, 0.4) is 0 Å². The number of hydrogen-bond acceptors (Lipinski definition) is 2. The largest absolute Gasteiger partial charge is 0.384 e. The molecule has 0 aliphatic carbocycles. The molecule has 3 atom stereocenters. The van der Waals surface area contributed by atoms with Gasteiger partial charge < -0.3 is 10.4 Å². The summed E-state index contributed by atoms with van der Waals surface area (Å²) >= 11 is 0. The lowest BCUT2D eigenvalue weighted by molar-refractivity contribution is 0.0532. The van der Waals surface area contributed by atoms with E-state index in [1.54, 1.807) is 0 Å². The predicted octanol–water partition coefficient (Wildman–Crippen LogP) is 2.92. The molecule has 2 N–H and O–H groups in total. The smallest absolute Gasteiger partial charge is 0.104 e. The molecule has 19 heavy (non-hydrogen) atoms. The number of rotatable bonds is 3. The SMILES string of the molecule is Cc1ccc([C@](C)(O)[C@@H]2N[C@H]2c2ccccc2)cc1. The van der Waals surface area contributed by atoms with Crippen LogP contribution in [0.25, 0.3) is 0 Å². The number of nitrogens with one attached hydrogen (secondary N) is 1. The van der Waals surface area contributed by atoms with Gasteiger partial charge in [0.05, 0.1) is 12.1 Å². The number of aryl methyl sites for hydroxylation is 1. The lowest BCUT2D eigenvalue weighted by atomic mass is 9.89. The van der Waals surface area contributed by atoms with Gasteiger partial charge in [0.15, 0.2) is 0 Å². The summed E-state index contributed by atoms with van der Waals surface area (Å²) in [6.45, 7) is 3.94. The van der Waals surface area contributed by atoms with Crippen LogP contribution in [0.5, 0.6) is 0 Å². The van der Waals surface area contributed by atoms with Gasteiger partial charge in [0.2, 0.25) is 0 Å². The maximum absolute atomic E-state index is 10.8. The molecule has 0 spiro atoms. The Labute approximate surface area is 114 Å². The average Bonchev–Trinajstić information content (AvgIpc) is 3.21. The third kappa shape index (κ3) is 2.29. The summed E-state index contributed by atoms with van der Waals surface area (Å²) in [4.78, 5) is 0. The van der Waals surface area contributed by atoms with E-state index >= 15 is 0 Å². The monoisotopic (exact) mass is 253 g/mol. The van der Waals surface area contributed by atoms with Gasteiger partial charge in [-0.3, -0.25) is 0 Å². The second-order valence-corrected chi connectivity index (χ2v) is 5.55. The molecule has 98 valence electrons. The lowest BCUT2D eigenvalue weighted by Gasteiger charge is -2.23. The van der Waals surface area contributed by atoms with Crippen LogP contribution in [-0.2, 0) is 5.60 Å². The quantitative estimate of drug-likeness (QED) is 0.826. The maximum atomic E-state index is 10.8. The Hall–Kier alpha value is -1.64. The Morgan fingerprint density at radius 1 is 1.00 bits per heavy atom. The fourth-order valence-corrected chi connectivity index (χ4v) is 2.64. The third-order valence-corrected chi connectivity index (χ3v) is 3.98. The summed E-state index contributed by atoms with van der Waals surface area (Å²) in [5.41, 5.74) is 2.57. The van der Waals surface area contributed by atoms with Gasteiger partial charge in [0.1, 0.15) is 5.60 Å². The van der Waals surface area contributed by atoms with Crippen molar-refractivity contribution >= 4 is 0 Å². The van der Waals surface area contributed by atoms with Crippen LogP contribution in [0, 0.1) is 6.92 Å². The van der Waals surface area contributed by atoms with E-state index in [1.165, 1.54) is 11.1 Å². The molecule has 0 radical (unpaired) electrons. The summed E-state index contributed by atoms with van der Waals surface area (Å²) in [5.74, 6) is 0. The third-order valence-electron chi connectivity index (χ3n) is 3.98.